The first-order chi connectivity index (χ1) is 6.33. The summed E-state index contributed by atoms with van der Waals surface area (Å²) >= 11 is 0. The molecule has 0 saturated heterocycles. The molecule has 0 fully saturated rings. The van der Waals surface area contributed by atoms with E-state index in [0.29, 0.717) is 22.8 Å². The quantitative estimate of drug-likeness (QED) is 0.677. The molecule has 1 aromatic carbocycles. The van der Waals surface area contributed by atoms with Gasteiger partial charge in [0.15, 0.2) is 11.7 Å². The number of halogens is 1. The minimum Gasteiger partial charge on any atom is -0.463 e. The van der Waals surface area contributed by atoms with Gasteiger partial charge in [-0.15, -0.1) is 12.4 Å². The summed E-state index contributed by atoms with van der Waals surface area (Å²) in [6, 6.07) is 6.23. The van der Waals surface area contributed by atoms with Crippen molar-refractivity contribution in [3.8, 4) is 0 Å². The molecule has 0 atom stereocenters. The van der Waals surface area contributed by atoms with Gasteiger partial charge in [0.1, 0.15) is 5.58 Å². The first kappa shape index (κ1) is 10.5. The molecule has 0 amide bonds. The lowest BCUT2D eigenvalue weighted by Gasteiger charge is -1.96. The molecule has 14 heavy (non-hydrogen) atoms. The number of carbonyl (C=O) groups excluding carboxylic acids is 1. The molecule has 72 valence electrons. The number of rotatable bonds is 1. The van der Waals surface area contributed by atoms with Gasteiger partial charge in [-0.3, -0.25) is 9.59 Å². The molecule has 0 aliphatic rings. The largest absolute Gasteiger partial charge is 0.463 e. The molecule has 0 bridgehead atoms. The molecule has 1 aromatic heterocycles. The average Bonchev–Trinajstić information content (AvgIpc) is 2.18. The third-order valence-electron chi connectivity index (χ3n) is 1.84. The summed E-state index contributed by atoms with van der Waals surface area (Å²) < 4.78 is 5.08. The fourth-order valence-electron chi connectivity index (χ4n) is 1.23. The molecule has 0 saturated carbocycles. The van der Waals surface area contributed by atoms with Crippen LogP contribution in [-0.2, 0) is 0 Å². The summed E-state index contributed by atoms with van der Waals surface area (Å²) in [5.41, 5.74) is 0.616. The van der Waals surface area contributed by atoms with Crippen molar-refractivity contribution in [1.82, 2.24) is 0 Å². The van der Waals surface area contributed by atoms with E-state index in [2.05, 4.69) is 0 Å². The minimum absolute atomic E-state index is 0. The van der Waals surface area contributed by atoms with E-state index in [9.17, 15) is 9.59 Å². The third kappa shape index (κ3) is 1.54. The Kier molecular flexibility index (Phi) is 3.04. The van der Waals surface area contributed by atoms with Crippen LogP contribution in [0.5, 0.6) is 0 Å². The Morgan fingerprint density at radius 2 is 2.00 bits per heavy atom. The van der Waals surface area contributed by atoms with Gasteiger partial charge in [-0.1, -0.05) is 6.07 Å². The monoisotopic (exact) mass is 210 g/mol. The highest BCUT2D eigenvalue weighted by Gasteiger charge is 2.03. The van der Waals surface area contributed by atoms with Crippen LogP contribution in [0.4, 0.5) is 0 Å². The van der Waals surface area contributed by atoms with E-state index in [-0.39, 0.29) is 17.8 Å². The van der Waals surface area contributed by atoms with Crippen LogP contribution in [0.3, 0.4) is 0 Å². The van der Waals surface area contributed by atoms with Crippen molar-refractivity contribution in [2.24, 2.45) is 0 Å². The van der Waals surface area contributed by atoms with Crippen LogP contribution in [0.15, 0.2) is 39.7 Å². The van der Waals surface area contributed by atoms with E-state index in [1.807, 2.05) is 0 Å². The maximum atomic E-state index is 11.3. The Bertz CT molecular complexity index is 516. The van der Waals surface area contributed by atoms with Gasteiger partial charge in [-0.2, -0.15) is 0 Å². The van der Waals surface area contributed by atoms with Gasteiger partial charge in [0.2, 0.25) is 0 Å². The van der Waals surface area contributed by atoms with Gasteiger partial charge in [-0.25, -0.2) is 0 Å². The average molecular weight is 211 g/mol. The molecular formula is C10H7ClO3. The predicted molar refractivity (Wildman–Crippen MR) is 55.1 cm³/mol. The summed E-state index contributed by atoms with van der Waals surface area (Å²) in [4.78, 5) is 21.8. The number of aldehydes is 1. The van der Waals surface area contributed by atoms with E-state index in [0.717, 1.165) is 0 Å². The summed E-state index contributed by atoms with van der Waals surface area (Å²) in [5.74, 6) is 0. The first-order valence-electron chi connectivity index (χ1n) is 3.78. The van der Waals surface area contributed by atoms with Crippen molar-refractivity contribution in [2.45, 2.75) is 0 Å². The van der Waals surface area contributed by atoms with Gasteiger partial charge in [0.05, 0.1) is 17.2 Å². The highest BCUT2D eigenvalue weighted by molar-refractivity contribution is 5.93. The Balaban J connectivity index is 0.000000980. The van der Waals surface area contributed by atoms with Crippen LogP contribution >= 0.6 is 12.4 Å². The summed E-state index contributed by atoms with van der Waals surface area (Å²) in [6.07, 6.45) is 1.96. The van der Waals surface area contributed by atoms with Crippen molar-refractivity contribution in [3.05, 3.63) is 46.3 Å². The standard InChI is InChI=1S/C10H6O3.ClH/c11-6-7-2-1-3-8-9(12)4-5-13-10(7)8;/h1-6H;1H. The summed E-state index contributed by atoms with van der Waals surface area (Å²) in [7, 11) is 0. The molecule has 0 aliphatic heterocycles. The highest BCUT2D eigenvalue weighted by Crippen LogP contribution is 2.12. The summed E-state index contributed by atoms with van der Waals surface area (Å²) in [6.45, 7) is 0. The zero-order valence-electron chi connectivity index (χ0n) is 7.10. The number of carbonyl (C=O) groups is 1. The second-order valence-corrected chi connectivity index (χ2v) is 2.63. The van der Waals surface area contributed by atoms with Crippen LogP contribution in [0.25, 0.3) is 11.0 Å². The molecule has 2 rings (SSSR count). The normalized spacial score (nSPS) is 9.43. The van der Waals surface area contributed by atoms with Crippen LogP contribution in [0, 0.1) is 0 Å². The van der Waals surface area contributed by atoms with Crippen molar-refractivity contribution in [1.29, 1.82) is 0 Å². The van der Waals surface area contributed by atoms with Crippen LogP contribution in [0.1, 0.15) is 10.4 Å². The van der Waals surface area contributed by atoms with Crippen molar-refractivity contribution in [2.75, 3.05) is 0 Å². The molecule has 0 N–H and O–H groups in total. The van der Waals surface area contributed by atoms with Crippen molar-refractivity contribution < 1.29 is 9.21 Å². The Morgan fingerprint density at radius 1 is 1.21 bits per heavy atom. The van der Waals surface area contributed by atoms with Gasteiger partial charge < -0.3 is 4.42 Å². The van der Waals surface area contributed by atoms with E-state index < -0.39 is 0 Å². The van der Waals surface area contributed by atoms with E-state index in [4.69, 9.17) is 4.42 Å². The lowest BCUT2D eigenvalue weighted by atomic mass is 10.1. The number of benzene rings is 1. The third-order valence-corrected chi connectivity index (χ3v) is 1.84. The lowest BCUT2D eigenvalue weighted by molar-refractivity contribution is 0.112. The first-order valence-corrected chi connectivity index (χ1v) is 3.78. The fourth-order valence-corrected chi connectivity index (χ4v) is 1.23. The second kappa shape index (κ2) is 4.07. The van der Waals surface area contributed by atoms with E-state index in [1.165, 1.54) is 12.3 Å². The lowest BCUT2D eigenvalue weighted by Crippen LogP contribution is -1.99. The van der Waals surface area contributed by atoms with E-state index in [1.54, 1.807) is 18.2 Å². The topological polar surface area (TPSA) is 47.3 Å². The van der Waals surface area contributed by atoms with Crippen LogP contribution in [-0.4, -0.2) is 6.29 Å². The molecule has 0 spiro atoms. The van der Waals surface area contributed by atoms with Gasteiger partial charge >= 0.3 is 0 Å². The molecule has 4 heteroatoms. The molecule has 2 aromatic rings. The Morgan fingerprint density at radius 3 is 2.71 bits per heavy atom. The predicted octanol–water partition coefficient (Wildman–Crippen LogP) is 2.03. The second-order valence-electron chi connectivity index (χ2n) is 2.63. The molecule has 1 heterocycles. The number of hydrogen-bond acceptors (Lipinski definition) is 3. The SMILES string of the molecule is Cl.O=Cc1cccc2c(=O)ccoc12. The highest BCUT2D eigenvalue weighted by atomic mass is 35.5. The maximum Gasteiger partial charge on any atom is 0.192 e. The Labute approximate surface area is 85.8 Å². The van der Waals surface area contributed by atoms with Crippen LogP contribution in [0.2, 0.25) is 0 Å². The number of hydrogen-bond donors (Lipinski definition) is 0. The molecule has 0 unspecified atom stereocenters. The van der Waals surface area contributed by atoms with E-state index >= 15 is 0 Å². The number of fused-ring (bicyclic) bond motifs is 1. The summed E-state index contributed by atoms with van der Waals surface area (Å²) in [5, 5.41) is 0.437. The van der Waals surface area contributed by atoms with Gasteiger partial charge in [0.25, 0.3) is 0 Å². The number of para-hydroxylation sites is 1. The molecule has 0 aliphatic carbocycles. The molecular weight excluding hydrogens is 204 g/mol. The zero-order valence-corrected chi connectivity index (χ0v) is 7.91. The fraction of sp³-hybridized carbons (Fsp3) is 0. The maximum absolute atomic E-state index is 11.3. The van der Waals surface area contributed by atoms with Gasteiger partial charge in [-0.05, 0) is 12.1 Å². The zero-order chi connectivity index (χ0) is 9.26. The smallest absolute Gasteiger partial charge is 0.192 e. The minimum atomic E-state index is -0.134. The van der Waals surface area contributed by atoms with Crippen molar-refractivity contribution in [3.63, 3.8) is 0 Å². The van der Waals surface area contributed by atoms with Crippen molar-refractivity contribution >= 4 is 29.7 Å². The molecule has 0 radical (unpaired) electrons. The van der Waals surface area contributed by atoms with Crippen LogP contribution < -0.4 is 5.43 Å². The van der Waals surface area contributed by atoms with Gasteiger partial charge in [0, 0.05) is 6.07 Å². The molecule has 3 nitrogen and oxygen atoms in total. The Hall–Kier alpha value is -1.61.